The molecule has 3 rings (SSSR count). The zero-order valence-electron chi connectivity index (χ0n) is 14.1. The Kier molecular flexibility index (Phi) is 5.70. The molecule has 2 N–H and O–H groups in total. The minimum atomic E-state index is -0.544. The van der Waals surface area contributed by atoms with E-state index in [0.29, 0.717) is 16.7 Å². The van der Waals surface area contributed by atoms with Gasteiger partial charge in [-0.1, -0.05) is 72.4 Å². The number of amides is 3. The molecule has 1 heterocycles. The summed E-state index contributed by atoms with van der Waals surface area (Å²) in [5.74, 6) is 0.247. The molecule has 132 valence electrons. The molecule has 0 saturated carbocycles. The summed E-state index contributed by atoms with van der Waals surface area (Å²) in [7, 11) is 1.45. The second-order valence-electron chi connectivity index (χ2n) is 5.31. The molecule has 0 saturated heterocycles. The zero-order valence-corrected chi connectivity index (χ0v) is 14.9. The Balaban J connectivity index is 1.85. The predicted octanol–water partition coefficient (Wildman–Crippen LogP) is 3.56. The zero-order chi connectivity index (χ0) is 18.4. The number of benzene rings is 2. The quantitative estimate of drug-likeness (QED) is 0.674. The Morgan fingerprint density at radius 3 is 2.23 bits per heavy atom. The molecule has 0 aliphatic heterocycles. The SMILES string of the molecule is CNC(=O)NC(=O)CSc1nc(-c2ccccc2)c(-c2ccccc2)o1. The number of aromatic nitrogens is 1. The van der Waals surface area contributed by atoms with Crippen molar-refractivity contribution in [3.05, 3.63) is 60.7 Å². The number of hydrogen-bond acceptors (Lipinski definition) is 5. The van der Waals surface area contributed by atoms with Gasteiger partial charge in [0.15, 0.2) is 5.76 Å². The van der Waals surface area contributed by atoms with E-state index >= 15 is 0 Å². The maximum Gasteiger partial charge on any atom is 0.321 e. The number of nitrogens with zero attached hydrogens (tertiary/aromatic N) is 1. The molecule has 0 fully saturated rings. The average molecular weight is 367 g/mol. The van der Waals surface area contributed by atoms with Crippen molar-refractivity contribution in [2.75, 3.05) is 12.8 Å². The largest absolute Gasteiger partial charge is 0.431 e. The summed E-state index contributed by atoms with van der Waals surface area (Å²) in [5.41, 5.74) is 2.54. The topological polar surface area (TPSA) is 84.2 Å². The van der Waals surface area contributed by atoms with Gasteiger partial charge in [0.05, 0.1) is 5.75 Å². The molecule has 2 aromatic carbocycles. The number of rotatable bonds is 5. The number of carbonyl (C=O) groups excluding carboxylic acids is 2. The van der Waals surface area contributed by atoms with Gasteiger partial charge in [0.25, 0.3) is 5.22 Å². The minimum Gasteiger partial charge on any atom is -0.431 e. The molecule has 1 aromatic heterocycles. The van der Waals surface area contributed by atoms with Gasteiger partial charge in [-0.05, 0) is 0 Å². The van der Waals surface area contributed by atoms with Gasteiger partial charge in [0.2, 0.25) is 5.91 Å². The van der Waals surface area contributed by atoms with Crippen LogP contribution in [0.3, 0.4) is 0 Å². The number of carbonyl (C=O) groups is 2. The first kappa shape index (κ1) is 17.8. The van der Waals surface area contributed by atoms with Gasteiger partial charge in [-0.25, -0.2) is 9.78 Å². The van der Waals surface area contributed by atoms with Crippen LogP contribution in [0.5, 0.6) is 0 Å². The van der Waals surface area contributed by atoms with Gasteiger partial charge >= 0.3 is 6.03 Å². The van der Waals surface area contributed by atoms with Crippen LogP contribution in [-0.2, 0) is 4.79 Å². The van der Waals surface area contributed by atoms with Crippen LogP contribution in [0.25, 0.3) is 22.6 Å². The molecule has 0 aliphatic carbocycles. The van der Waals surface area contributed by atoms with E-state index in [1.54, 1.807) is 0 Å². The molecular formula is C19H17N3O3S. The number of urea groups is 1. The highest BCUT2D eigenvalue weighted by Gasteiger charge is 2.18. The fraction of sp³-hybridized carbons (Fsp3) is 0.105. The fourth-order valence-corrected chi connectivity index (χ4v) is 2.92. The van der Waals surface area contributed by atoms with Gasteiger partial charge in [-0.2, -0.15) is 0 Å². The highest BCUT2D eigenvalue weighted by atomic mass is 32.2. The van der Waals surface area contributed by atoms with E-state index in [1.807, 2.05) is 60.7 Å². The molecule has 0 aliphatic rings. The lowest BCUT2D eigenvalue weighted by Gasteiger charge is -2.01. The van der Waals surface area contributed by atoms with Crippen LogP contribution >= 0.6 is 11.8 Å². The van der Waals surface area contributed by atoms with E-state index in [0.717, 1.165) is 22.9 Å². The highest BCUT2D eigenvalue weighted by Crippen LogP contribution is 2.35. The average Bonchev–Trinajstić information content (AvgIpc) is 3.12. The van der Waals surface area contributed by atoms with E-state index in [2.05, 4.69) is 15.6 Å². The van der Waals surface area contributed by atoms with Crippen molar-refractivity contribution < 1.29 is 14.0 Å². The van der Waals surface area contributed by atoms with Gasteiger partial charge in [-0.15, -0.1) is 0 Å². The molecular weight excluding hydrogens is 350 g/mol. The lowest BCUT2D eigenvalue weighted by atomic mass is 10.1. The summed E-state index contributed by atoms with van der Waals surface area (Å²) in [6.07, 6.45) is 0. The van der Waals surface area contributed by atoms with E-state index in [1.165, 1.54) is 7.05 Å². The number of thioether (sulfide) groups is 1. The van der Waals surface area contributed by atoms with Crippen LogP contribution < -0.4 is 10.6 Å². The molecule has 0 bridgehead atoms. The molecule has 26 heavy (non-hydrogen) atoms. The van der Waals surface area contributed by atoms with Crippen molar-refractivity contribution in [2.45, 2.75) is 5.22 Å². The number of nitrogens with one attached hydrogen (secondary N) is 2. The summed E-state index contributed by atoms with van der Waals surface area (Å²) in [5, 5.41) is 4.91. The lowest BCUT2D eigenvalue weighted by Crippen LogP contribution is -2.38. The fourth-order valence-electron chi connectivity index (χ4n) is 2.29. The summed E-state index contributed by atoms with van der Waals surface area (Å²) >= 11 is 1.14. The Labute approximate surface area is 155 Å². The standard InChI is InChI=1S/C19H17N3O3S/c1-20-18(24)21-15(23)12-26-19-22-16(13-8-4-2-5-9-13)17(25-19)14-10-6-3-7-11-14/h2-11H,12H2,1H3,(H2,20,21,23,24). The molecule has 3 aromatic rings. The van der Waals surface area contributed by atoms with Crippen LogP contribution in [0.4, 0.5) is 4.79 Å². The lowest BCUT2D eigenvalue weighted by molar-refractivity contribution is -0.117. The van der Waals surface area contributed by atoms with Crippen LogP contribution in [0, 0.1) is 0 Å². The van der Waals surface area contributed by atoms with Crippen molar-refractivity contribution in [3.63, 3.8) is 0 Å². The summed E-state index contributed by atoms with van der Waals surface area (Å²) < 4.78 is 5.91. The number of imide groups is 1. The van der Waals surface area contributed by atoms with Crippen molar-refractivity contribution >= 4 is 23.7 Å². The molecule has 7 heteroatoms. The summed E-state index contributed by atoms with van der Waals surface area (Å²) in [6.45, 7) is 0. The second-order valence-corrected chi connectivity index (χ2v) is 6.23. The Morgan fingerprint density at radius 1 is 1.00 bits per heavy atom. The predicted molar refractivity (Wildman–Crippen MR) is 101 cm³/mol. The molecule has 0 spiro atoms. The molecule has 0 radical (unpaired) electrons. The third kappa shape index (κ3) is 4.31. The third-order valence-corrected chi connectivity index (χ3v) is 4.33. The van der Waals surface area contributed by atoms with Crippen molar-refractivity contribution in [1.29, 1.82) is 0 Å². The normalized spacial score (nSPS) is 10.3. The van der Waals surface area contributed by atoms with E-state index in [9.17, 15) is 9.59 Å². The highest BCUT2D eigenvalue weighted by molar-refractivity contribution is 7.99. The Morgan fingerprint density at radius 2 is 1.62 bits per heavy atom. The summed E-state index contributed by atoms with van der Waals surface area (Å²) in [6, 6.07) is 18.8. The molecule has 6 nitrogen and oxygen atoms in total. The van der Waals surface area contributed by atoms with E-state index < -0.39 is 11.9 Å². The first-order valence-corrected chi connectivity index (χ1v) is 8.92. The Hall–Kier alpha value is -3.06. The third-order valence-electron chi connectivity index (χ3n) is 3.50. The van der Waals surface area contributed by atoms with E-state index in [-0.39, 0.29) is 5.75 Å². The number of hydrogen-bond donors (Lipinski definition) is 2. The first-order chi connectivity index (χ1) is 12.7. The van der Waals surface area contributed by atoms with Gasteiger partial charge in [0, 0.05) is 18.2 Å². The van der Waals surface area contributed by atoms with Crippen molar-refractivity contribution in [2.24, 2.45) is 0 Å². The number of oxazole rings is 1. The van der Waals surface area contributed by atoms with Crippen molar-refractivity contribution in [3.8, 4) is 22.6 Å². The van der Waals surface area contributed by atoms with Crippen LogP contribution in [0.2, 0.25) is 0 Å². The maximum absolute atomic E-state index is 11.8. The van der Waals surface area contributed by atoms with Gasteiger partial charge in [0.1, 0.15) is 5.69 Å². The monoisotopic (exact) mass is 367 g/mol. The molecule has 0 atom stereocenters. The molecule has 0 unspecified atom stereocenters. The summed E-state index contributed by atoms with van der Waals surface area (Å²) in [4.78, 5) is 27.5. The Bertz CT molecular complexity index is 838. The first-order valence-electron chi connectivity index (χ1n) is 7.93. The smallest absolute Gasteiger partial charge is 0.321 e. The molecule has 3 amide bonds. The second kappa shape index (κ2) is 8.35. The van der Waals surface area contributed by atoms with Crippen LogP contribution in [0.1, 0.15) is 0 Å². The minimum absolute atomic E-state index is 0.0242. The van der Waals surface area contributed by atoms with Gasteiger partial charge in [-0.3, -0.25) is 10.1 Å². The van der Waals surface area contributed by atoms with Crippen molar-refractivity contribution in [1.82, 2.24) is 15.6 Å². The van der Waals surface area contributed by atoms with Crippen LogP contribution in [0.15, 0.2) is 70.3 Å². The van der Waals surface area contributed by atoms with E-state index in [4.69, 9.17) is 4.42 Å². The van der Waals surface area contributed by atoms with Crippen LogP contribution in [-0.4, -0.2) is 29.7 Å². The van der Waals surface area contributed by atoms with Gasteiger partial charge < -0.3 is 9.73 Å². The maximum atomic E-state index is 11.8.